The van der Waals surface area contributed by atoms with Gasteiger partial charge in [-0.15, -0.1) is 11.8 Å². The number of halogens is 1. The van der Waals surface area contributed by atoms with Crippen molar-refractivity contribution in [3.05, 3.63) is 83.0 Å². The third-order valence-corrected chi connectivity index (χ3v) is 13.4. The van der Waals surface area contributed by atoms with Crippen molar-refractivity contribution in [2.45, 2.75) is 43.0 Å². The lowest BCUT2D eigenvalue weighted by Gasteiger charge is -2.36. The molecule has 7 rings (SSSR count). The highest BCUT2D eigenvalue weighted by Gasteiger charge is 2.45. The number of piperidine rings is 1. The number of carbonyl (C=O) groups is 5. The second kappa shape index (κ2) is 17.8. The summed E-state index contributed by atoms with van der Waals surface area (Å²) in [7, 11) is -0.986. The molecule has 15 nitrogen and oxygen atoms in total. The van der Waals surface area contributed by atoms with Crippen LogP contribution < -0.4 is 30.9 Å². The average molecular weight is 859 g/mol. The van der Waals surface area contributed by atoms with Crippen molar-refractivity contribution < 1.29 is 33.3 Å². The topological polar surface area (TPSA) is 183 Å². The van der Waals surface area contributed by atoms with E-state index in [1.165, 1.54) is 18.0 Å². The maximum atomic E-state index is 13.4. The number of aromatic nitrogens is 2. The lowest BCUT2D eigenvalue weighted by molar-refractivity contribution is -0.136. The van der Waals surface area contributed by atoms with Crippen LogP contribution in [0.1, 0.15) is 52.8 Å². The lowest BCUT2D eigenvalue weighted by Crippen LogP contribution is -2.54. The normalized spacial score (nSPS) is 16.9. The summed E-state index contributed by atoms with van der Waals surface area (Å²) in [6.45, 7) is 5.88. The number of amides is 5. The second-order valence-corrected chi connectivity index (χ2v) is 19.4. The molecule has 0 bridgehead atoms. The van der Waals surface area contributed by atoms with E-state index in [4.69, 9.17) is 16.3 Å². The summed E-state index contributed by atoms with van der Waals surface area (Å²) in [6, 6.07) is 17.2. The Balaban J connectivity index is 0.882. The van der Waals surface area contributed by atoms with Crippen LogP contribution >= 0.6 is 30.5 Å². The average Bonchev–Trinajstić information content (AvgIpc) is 3.47. The van der Waals surface area contributed by atoms with Gasteiger partial charge in [-0.1, -0.05) is 29.8 Å². The highest BCUT2D eigenvalue weighted by molar-refractivity contribution is 7.99. The molecule has 3 N–H and O–H groups in total. The Morgan fingerprint density at radius 2 is 1.75 bits per heavy atom. The lowest BCUT2D eigenvalue weighted by atomic mass is 10.0. The Labute approximate surface area is 351 Å². The number of anilines is 5. The van der Waals surface area contributed by atoms with Gasteiger partial charge in [0.2, 0.25) is 23.7 Å². The van der Waals surface area contributed by atoms with E-state index in [0.29, 0.717) is 82.9 Å². The zero-order valence-corrected chi connectivity index (χ0v) is 35.3. The van der Waals surface area contributed by atoms with Gasteiger partial charge in [-0.05, 0) is 74.7 Å². The number of para-hydroxylation sites is 1. The molecule has 5 amide bonds. The van der Waals surface area contributed by atoms with E-state index < -0.39 is 36.8 Å². The van der Waals surface area contributed by atoms with Gasteiger partial charge in [0.05, 0.1) is 35.8 Å². The first-order valence-corrected chi connectivity index (χ1v) is 23.2. The Morgan fingerprint density at radius 1 is 0.966 bits per heavy atom. The summed E-state index contributed by atoms with van der Waals surface area (Å²) in [5.74, 6) is -0.145. The maximum Gasteiger partial charge on any atom is 0.263 e. The van der Waals surface area contributed by atoms with Crippen LogP contribution in [-0.2, 0) is 18.9 Å². The first kappa shape index (κ1) is 41.7. The molecule has 2 fully saturated rings. The molecule has 4 heterocycles. The summed E-state index contributed by atoms with van der Waals surface area (Å²) in [6.07, 6.45) is 3.46. The zero-order valence-electron chi connectivity index (χ0n) is 32.8. The molecule has 0 aliphatic carbocycles. The van der Waals surface area contributed by atoms with Gasteiger partial charge in [-0.3, -0.25) is 34.2 Å². The Kier molecular flexibility index (Phi) is 12.6. The summed E-state index contributed by atoms with van der Waals surface area (Å²) in [5, 5.41) is 9.64. The minimum Gasteiger partial charge on any atom is -0.494 e. The molecule has 1 unspecified atom stereocenters. The first-order chi connectivity index (χ1) is 28.3. The van der Waals surface area contributed by atoms with Crippen molar-refractivity contribution in [2.24, 2.45) is 0 Å². The monoisotopic (exact) mass is 858 g/mol. The number of unbranched alkanes of at least 4 members (excludes halogenated alkanes) is 1. The number of imide groups is 2. The minimum atomic E-state index is -2.57. The SMILES string of the molecule is COc1cc(N2CCN(C(=O)CCCCSc3cccc4c3C(=O)N(C3CCC(=O)NC3=O)C4=O)CC2)ccc1Nc1ncc(Cl)c(Nc2ccccc2P(C)(C)=O)n1. The fraction of sp³-hybridized carbons (Fsp3) is 0.341. The number of carbonyl (C=O) groups excluding carboxylic acids is 5. The predicted molar refractivity (Wildman–Crippen MR) is 229 cm³/mol. The number of nitrogens with one attached hydrogen (secondary N) is 3. The van der Waals surface area contributed by atoms with E-state index in [1.807, 2.05) is 47.4 Å². The van der Waals surface area contributed by atoms with Crippen LogP contribution in [-0.4, -0.2) is 108 Å². The summed E-state index contributed by atoms with van der Waals surface area (Å²) in [4.78, 5) is 78.4. The number of piperazine rings is 1. The van der Waals surface area contributed by atoms with Crippen LogP contribution in [0.5, 0.6) is 5.75 Å². The Bertz CT molecular complexity index is 2370. The third kappa shape index (κ3) is 9.24. The van der Waals surface area contributed by atoms with Crippen LogP contribution in [0.2, 0.25) is 5.02 Å². The number of benzene rings is 3. The van der Waals surface area contributed by atoms with Crippen LogP contribution in [0.4, 0.5) is 28.8 Å². The number of fused-ring (bicyclic) bond motifs is 1. The standard InChI is InChI=1S/C41H44ClN8O7PS/c1-57-31-23-25(14-15-28(31)45-41-43-24-27(42)37(47-41)44-29-10-4-5-11-32(29)58(2,3)56)48-18-20-49(21-19-48)35(52)13-6-7-22-59-33-12-8-9-26-36(33)40(55)50(39(26)54)30-16-17-34(51)46-38(30)53/h4-5,8-12,14-15,23-24,30H,6-7,13,16-22H2,1-3H3,(H,46,51,53)(H2,43,44,45,47). The number of thioether (sulfide) groups is 1. The molecule has 4 aromatic rings. The van der Waals surface area contributed by atoms with E-state index >= 15 is 0 Å². The highest BCUT2D eigenvalue weighted by Crippen LogP contribution is 2.39. The predicted octanol–water partition coefficient (Wildman–Crippen LogP) is 5.89. The van der Waals surface area contributed by atoms with Crippen molar-refractivity contribution in [2.75, 3.05) is 67.9 Å². The number of hydrogen-bond acceptors (Lipinski definition) is 13. The van der Waals surface area contributed by atoms with Gasteiger partial charge in [-0.2, -0.15) is 4.98 Å². The molecule has 1 aromatic heterocycles. The maximum absolute atomic E-state index is 13.4. The van der Waals surface area contributed by atoms with Crippen molar-refractivity contribution in [3.63, 3.8) is 0 Å². The number of ether oxygens (including phenoxy) is 1. The van der Waals surface area contributed by atoms with E-state index in [0.717, 1.165) is 17.0 Å². The van der Waals surface area contributed by atoms with Gasteiger partial charge < -0.3 is 29.7 Å². The van der Waals surface area contributed by atoms with Gasteiger partial charge in [-0.25, -0.2) is 4.98 Å². The van der Waals surface area contributed by atoms with E-state index in [2.05, 4.69) is 30.8 Å². The van der Waals surface area contributed by atoms with Gasteiger partial charge in [0.25, 0.3) is 11.8 Å². The Hall–Kier alpha value is -5.44. The largest absolute Gasteiger partial charge is 0.494 e. The molecule has 3 aromatic carbocycles. The van der Waals surface area contributed by atoms with Crippen molar-refractivity contribution >= 4 is 94.2 Å². The summed E-state index contributed by atoms with van der Waals surface area (Å²) < 4.78 is 18.6. The smallest absolute Gasteiger partial charge is 0.263 e. The van der Waals surface area contributed by atoms with Crippen molar-refractivity contribution in [1.29, 1.82) is 0 Å². The van der Waals surface area contributed by atoms with Crippen LogP contribution in [0.25, 0.3) is 0 Å². The van der Waals surface area contributed by atoms with Gasteiger partial charge in [0.15, 0.2) is 5.82 Å². The van der Waals surface area contributed by atoms with Gasteiger partial charge >= 0.3 is 0 Å². The molecule has 0 saturated carbocycles. The fourth-order valence-corrected chi connectivity index (χ4v) is 9.71. The molecule has 18 heteroatoms. The minimum absolute atomic E-state index is 0.0630. The summed E-state index contributed by atoms with van der Waals surface area (Å²) >= 11 is 7.90. The van der Waals surface area contributed by atoms with Crippen molar-refractivity contribution in [3.8, 4) is 5.75 Å². The molecule has 2 saturated heterocycles. The van der Waals surface area contributed by atoms with Crippen LogP contribution in [0.3, 0.4) is 0 Å². The van der Waals surface area contributed by atoms with Gasteiger partial charge in [0.1, 0.15) is 24.0 Å². The third-order valence-electron chi connectivity index (χ3n) is 10.4. The number of nitrogens with zero attached hydrogens (tertiary/aromatic N) is 5. The zero-order chi connectivity index (χ0) is 41.8. The van der Waals surface area contributed by atoms with Gasteiger partial charge in [0, 0.05) is 61.0 Å². The molecular formula is C41H44ClN8O7PS. The van der Waals surface area contributed by atoms with E-state index in [1.54, 1.807) is 38.6 Å². The second-order valence-electron chi connectivity index (χ2n) is 14.7. The van der Waals surface area contributed by atoms with Crippen molar-refractivity contribution in [1.82, 2.24) is 25.1 Å². The fourth-order valence-electron chi connectivity index (χ4n) is 7.33. The summed E-state index contributed by atoms with van der Waals surface area (Å²) in [5.41, 5.74) is 2.79. The molecule has 0 radical (unpaired) electrons. The Morgan fingerprint density at radius 3 is 2.49 bits per heavy atom. The molecule has 3 aliphatic rings. The van der Waals surface area contributed by atoms with E-state index in [9.17, 15) is 28.5 Å². The molecule has 1 atom stereocenters. The molecule has 59 heavy (non-hydrogen) atoms. The quantitative estimate of drug-likeness (QED) is 0.0592. The van der Waals surface area contributed by atoms with Crippen LogP contribution in [0.15, 0.2) is 71.8 Å². The number of methoxy groups -OCH3 is 1. The number of rotatable bonds is 14. The molecule has 3 aliphatic heterocycles. The van der Waals surface area contributed by atoms with Crippen LogP contribution in [0, 0.1) is 0 Å². The molecule has 0 spiro atoms. The van der Waals surface area contributed by atoms with E-state index in [-0.39, 0.29) is 35.8 Å². The highest BCUT2D eigenvalue weighted by atomic mass is 35.5. The molecular weight excluding hydrogens is 815 g/mol. The first-order valence-electron chi connectivity index (χ1n) is 19.2. The number of hydrogen-bond donors (Lipinski definition) is 3. The molecule has 308 valence electrons.